The maximum atomic E-state index is 10.7. The van der Waals surface area contributed by atoms with Crippen LogP contribution in [-0.2, 0) is 0 Å². The van der Waals surface area contributed by atoms with Crippen molar-refractivity contribution >= 4 is 23.3 Å². The molecular formula is C8H6ClNO4. The van der Waals surface area contributed by atoms with E-state index < -0.39 is 10.9 Å². The van der Waals surface area contributed by atoms with E-state index in [-0.39, 0.29) is 16.3 Å². The summed E-state index contributed by atoms with van der Waals surface area (Å²) in [4.78, 5) is 20.4. The summed E-state index contributed by atoms with van der Waals surface area (Å²) in [7, 11) is 0. The Labute approximate surface area is 84.1 Å². The summed E-state index contributed by atoms with van der Waals surface area (Å²) in [5.74, 6) is -1.23. The molecular weight excluding hydrogens is 210 g/mol. The van der Waals surface area contributed by atoms with Gasteiger partial charge in [-0.2, -0.15) is 0 Å². The molecule has 0 aliphatic rings. The van der Waals surface area contributed by atoms with Crippen LogP contribution >= 0.6 is 11.6 Å². The smallest absolute Gasteiger partial charge is 0.336 e. The van der Waals surface area contributed by atoms with E-state index >= 15 is 0 Å². The van der Waals surface area contributed by atoms with Crippen LogP contribution in [0.1, 0.15) is 15.9 Å². The molecule has 1 aromatic rings. The lowest BCUT2D eigenvalue weighted by Crippen LogP contribution is -2.01. The Balaban J connectivity index is 3.43. The molecule has 0 saturated heterocycles. The molecule has 0 saturated carbocycles. The van der Waals surface area contributed by atoms with Crippen molar-refractivity contribution in [3.05, 3.63) is 38.4 Å². The van der Waals surface area contributed by atoms with E-state index in [4.69, 9.17) is 16.7 Å². The van der Waals surface area contributed by atoms with Crippen LogP contribution in [0.15, 0.2) is 12.1 Å². The van der Waals surface area contributed by atoms with Gasteiger partial charge in [0.15, 0.2) is 0 Å². The molecule has 0 fully saturated rings. The van der Waals surface area contributed by atoms with Gasteiger partial charge in [-0.05, 0) is 12.5 Å². The first kappa shape index (κ1) is 10.5. The van der Waals surface area contributed by atoms with Crippen LogP contribution in [0.3, 0.4) is 0 Å². The lowest BCUT2D eigenvalue weighted by atomic mass is 10.1. The molecule has 0 heterocycles. The number of aromatic carboxylic acids is 1. The third kappa shape index (κ3) is 1.82. The number of rotatable bonds is 2. The monoisotopic (exact) mass is 215 g/mol. The zero-order chi connectivity index (χ0) is 10.9. The average molecular weight is 216 g/mol. The highest BCUT2D eigenvalue weighted by Crippen LogP contribution is 2.25. The molecule has 1 rings (SSSR count). The Bertz CT molecular complexity index is 416. The Hall–Kier alpha value is -1.62. The van der Waals surface area contributed by atoms with E-state index in [1.165, 1.54) is 6.92 Å². The summed E-state index contributed by atoms with van der Waals surface area (Å²) in [5.41, 5.74) is -0.146. The van der Waals surface area contributed by atoms with Crippen molar-refractivity contribution in [1.29, 1.82) is 0 Å². The fourth-order valence-electron chi connectivity index (χ4n) is 0.992. The fraction of sp³-hybridized carbons (Fsp3) is 0.125. The zero-order valence-corrected chi connectivity index (χ0v) is 7.91. The summed E-state index contributed by atoms with van der Waals surface area (Å²) in [6, 6.07) is 2.12. The van der Waals surface area contributed by atoms with Crippen molar-refractivity contribution in [2.75, 3.05) is 0 Å². The van der Waals surface area contributed by atoms with E-state index in [9.17, 15) is 14.9 Å². The number of nitrogens with zero attached hydrogens (tertiary/aromatic N) is 1. The molecule has 6 heteroatoms. The molecule has 74 valence electrons. The van der Waals surface area contributed by atoms with Crippen LogP contribution in [0.5, 0.6) is 0 Å². The quantitative estimate of drug-likeness (QED) is 0.606. The van der Waals surface area contributed by atoms with Gasteiger partial charge in [0.25, 0.3) is 5.69 Å². The van der Waals surface area contributed by atoms with E-state index in [0.717, 1.165) is 12.1 Å². The number of carboxylic acid groups (broad SMARTS) is 1. The molecule has 0 aliphatic carbocycles. The maximum Gasteiger partial charge on any atom is 0.336 e. The zero-order valence-electron chi connectivity index (χ0n) is 7.15. The van der Waals surface area contributed by atoms with E-state index in [2.05, 4.69) is 0 Å². The second-order valence-corrected chi connectivity index (χ2v) is 3.07. The van der Waals surface area contributed by atoms with Gasteiger partial charge in [0.1, 0.15) is 0 Å². The van der Waals surface area contributed by atoms with Gasteiger partial charge >= 0.3 is 5.97 Å². The van der Waals surface area contributed by atoms with Crippen molar-refractivity contribution in [3.63, 3.8) is 0 Å². The SMILES string of the molecule is Cc1c(Cl)cc([N+](=O)[O-])cc1C(=O)O. The van der Waals surface area contributed by atoms with Crippen molar-refractivity contribution < 1.29 is 14.8 Å². The second kappa shape index (κ2) is 3.63. The Morgan fingerprint density at radius 3 is 2.57 bits per heavy atom. The second-order valence-electron chi connectivity index (χ2n) is 2.66. The molecule has 14 heavy (non-hydrogen) atoms. The molecule has 0 aromatic heterocycles. The first-order valence-electron chi connectivity index (χ1n) is 3.61. The summed E-state index contributed by atoms with van der Waals surface area (Å²) in [6.45, 7) is 1.50. The van der Waals surface area contributed by atoms with Crippen LogP contribution in [0, 0.1) is 17.0 Å². The first-order valence-corrected chi connectivity index (χ1v) is 3.99. The van der Waals surface area contributed by atoms with Crippen molar-refractivity contribution in [2.45, 2.75) is 6.92 Å². The minimum atomic E-state index is -1.23. The van der Waals surface area contributed by atoms with Gasteiger partial charge in [-0.1, -0.05) is 11.6 Å². The van der Waals surface area contributed by atoms with Crippen LogP contribution in [0.25, 0.3) is 0 Å². The molecule has 0 aliphatic heterocycles. The van der Waals surface area contributed by atoms with Gasteiger partial charge in [0, 0.05) is 12.1 Å². The number of nitro benzene ring substituents is 1. The predicted octanol–water partition coefficient (Wildman–Crippen LogP) is 2.25. The number of hydrogen-bond donors (Lipinski definition) is 1. The Morgan fingerprint density at radius 1 is 1.57 bits per heavy atom. The van der Waals surface area contributed by atoms with Gasteiger partial charge in [-0.25, -0.2) is 4.79 Å². The van der Waals surface area contributed by atoms with Gasteiger partial charge in [0.05, 0.1) is 15.5 Å². The average Bonchev–Trinajstić information content (AvgIpc) is 2.08. The molecule has 0 radical (unpaired) electrons. The topological polar surface area (TPSA) is 80.4 Å². The van der Waals surface area contributed by atoms with Gasteiger partial charge < -0.3 is 5.11 Å². The number of carbonyl (C=O) groups is 1. The molecule has 1 aromatic carbocycles. The van der Waals surface area contributed by atoms with Gasteiger partial charge in [-0.15, -0.1) is 0 Å². The fourth-order valence-corrected chi connectivity index (χ4v) is 1.21. The van der Waals surface area contributed by atoms with Gasteiger partial charge in [-0.3, -0.25) is 10.1 Å². The molecule has 0 unspecified atom stereocenters. The van der Waals surface area contributed by atoms with E-state index in [1.54, 1.807) is 0 Å². The molecule has 0 amide bonds. The number of carboxylic acids is 1. The number of halogens is 1. The Kier molecular flexibility index (Phi) is 2.71. The predicted molar refractivity (Wildman–Crippen MR) is 49.8 cm³/mol. The summed E-state index contributed by atoms with van der Waals surface area (Å²) >= 11 is 5.64. The van der Waals surface area contributed by atoms with Crippen LogP contribution in [-0.4, -0.2) is 16.0 Å². The maximum absolute atomic E-state index is 10.7. The van der Waals surface area contributed by atoms with Crippen molar-refractivity contribution in [3.8, 4) is 0 Å². The summed E-state index contributed by atoms with van der Waals surface area (Å²) < 4.78 is 0. The number of non-ortho nitro benzene ring substituents is 1. The highest BCUT2D eigenvalue weighted by molar-refractivity contribution is 6.32. The molecule has 0 atom stereocenters. The molecule has 5 nitrogen and oxygen atoms in total. The van der Waals surface area contributed by atoms with E-state index in [1.807, 2.05) is 0 Å². The van der Waals surface area contributed by atoms with Crippen LogP contribution < -0.4 is 0 Å². The van der Waals surface area contributed by atoms with Crippen molar-refractivity contribution in [1.82, 2.24) is 0 Å². The molecule has 0 spiro atoms. The first-order chi connectivity index (χ1) is 6.43. The molecule has 1 N–H and O–H groups in total. The largest absolute Gasteiger partial charge is 0.478 e. The van der Waals surface area contributed by atoms with Crippen LogP contribution in [0.2, 0.25) is 5.02 Å². The number of hydrogen-bond acceptors (Lipinski definition) is 3. The van der Waals surface area contributed by atoms with Gasteiger partial charge in [0.2, 0.25) is 0 Å². The number of nitro groups is 1. The minimum Gasteiger partial charge on any atom is -0.478 e. The lowest BCUT2D eigenvalue weighted by molar-refractivity contribution is -0.384. The minimum absolute atomic E-state index is 0.0802. The third-order valence-corrected chi connectivity index (χ3v) is 2.16. The molecule has 0 bridgehead atoms. The van der Waals surface area contributed by atoms with Crippen molar-refractivity contribution in [2.24, 2.45) is 0 Å². The van der Waals surface area contributed by atoms with E-state index in [0.29, 0.717) is 5.56 Å². The number of benzene rings is 1. The summed E-state index contributed by atoms with van der Waals surface area (Å²) in [5, 5.41) is 19.2. The van der Waals surface area contributed by atoms with Crippen LogP contribution in [0.4, 0.5) is 5.69 Å². The Morgan fingerprint density at radius 2 is 2.14 bits per heavy atom. The standard InChI is InChI=1S/C8H6ClNO4/c1-4-6(8(11)12)2-5(10(13)14)3-7(4)9/h2-3H,1H3,(H,11,12). The third-order valence-electron chi connectivity index (χ3n) is 1.77. The normalized spacial score (nSPS) is 9.86. The highest BCUT2D eigenvalue weighted by atomic mass is 35.5. The lowest BCUT2D eigenvalue weighted by Gasteiger charge is -2.02. The summed E-state index contributed by atoms with van der Waals surface area (Å²) in [6.07, 6.45) is 0. The highest BCUT2D eigenvalue weighted by Gasteiger charge is 2.16.